The van der Waals surface area contributed by atoms with E-state index in [-0.39, 0.29) is 0 Å². The number of aryl methyl sites for hydroxylation is 2. The van der Waals surface area contributed by atoms with Crippen molar-refractivity contribution in [1.82, 2.24) is 4.98 Å². The lowest BCUT2D eigenvalue weighted by Gasteiger charge is -2.12. The first-order chi connectivity index (χ1) is 14.8. The van der Waals surface area contributed by atoms with Crippen molar-refractivity contribution in [2.75, 3.05) is 0 Å². The quantitative estimate of drug-likeness (QED) is 0.323. The zero-order valence-corrected chi connectivity index (χ0v) is 17.9. The molecule has 0 amide bonds. The molecule has 2 aromatic heterocycles. The number of hydrogen-bond acceptors (Lipinski definition) is 1. The molecule has 0 fully saturated rings. The van der Waals surface area contributed by atoms with Crippen LogP contribution < -0.4 is 4.57 Å². The zero-order valence-electron chi connectivity index (χ0n) is 17.9. The van der Waals surface area contributed by atoms with Gasteiger partial charge in [-0.15, -0.1) is 0 Å². The second-order valence-corrected chi connectivity index (χ2v) is 7.69. The van der Waals surface area contributed by atoms with Gasteiger partial charge in [-0.2, -0.15) is 4.57 Å². The first-order valence-corrected chi connectivity index (χ1v) is 10.9. The van der Waals surface area contributed by atoms with Crippen molar-refractivity contribution in [3.8, 4) is 28.1 Å². The number of benzene rings is 2. The molecule has 0 aliphatic carbocycles. The highest BCUT2D eigenvalue weighted by molar-refractivity contribution is 5.70. The molecule has 0 N–H and O–H groups in total. The second kappa shape index (κ2) is 9.49. The Morgan fingerprint density at radius 2 is 1.37 bits per heavy atom. The third kappa shape index (κ3) is 4.18. The van der Waals surface area contributed by atoms with Crippen LogP contribution in [0.4, 0.5) is 0 Å². The molecule has 0 bridgehead atoms. The Morgan fingerprint density at radius 1 is 0.700 bits per heavy atom. The van der Waals surface area contributed by atoms with E-state index in [1.807, 2.05) is 12.4 Å². The summed E-state index contributed by atoms with van der Waals surface area (Å²) in [5, 5.41) is 0. The van der Waals surface area contributed by atoms with Gasteiger partial charge in [0.25, 0.3) is 0 Å². The summed E-state index contributed by atoms with van der Waals surface area (Å²) in [5.41, 5.74) is 8.99. The van der Waals surface area contributed by atoms with Crippen molar-refractivity contribution in [1.29, 1.82) is 0 Å². The Morgan fingerprint density at radius 3 is 2.13 bits per heavy atom. The normalized spacial score (nSPS) is 10.9. The molecule has 0 saturated heterocycles. The smallest absolute Gasteiger partial charge is 0.219 e. The molecule has 2 heterocycles. The molecule has 2 aromatic carbocycles. The van der Waals surface area contributed by atoms with Gasteiger partial charge in [0.2, 0.25) is 11.4 Å². The van der Waals surface area contributed by atoms with Gasteiger partial charge in [-0.1, -0.05) is 63.1 Å². The highest BCUT2D eigenvalue weighted by Gasteiger charge is 2.21. The molecule has 0 aliphatic heterocycles. The fourth-order valence-corrected chi connectivity index (χ4v) is 4.13. The summed E-state index contributed by atoms with van der Waals surface area (Å²) < 4.78 is 2.37. The van der Waals surface area contributed by atoms with Gasteiger partial charge in [-0.25, -0.2) is 0 Å². The summed E-state index contributed by atoms with van der Waals surface area (Å²) in [7, 11) is 0. The van der Waals surface area contributed by atoms with Gasteiger partial charge < -0.3 is 0 Å². The van der Waals surface area contributed by atoms with Crippen LogP contribution >= 0.6 is 0 Å². The largest absolute Gasteiger partial charge is 0.265 e. The Labute approximate surface area is 179 Å². The molecule has 150 valence electrons. The second-order valence-electron chi connectivity index (χ2n) is 7.69. The van der Waals surface area contributed by atoms with Crippen LogP contribution in [0.3, 0.4) is 0 Å². The molecule has 0 radical (unpaired) electrons. The summed E-state index contributed by atoms with van der Waals surface area (Å²) in [6, 6.07) is 26.3. The average molecular weight is 394 g/mol. The molecule has 2 nitrogen and oxygen atoms in total. The van der Waals surface area contributed by atoms with Crippen LogP contribution in [0.5, 0.6) is 0 Å². The van der Waals surface area contributed by atoms with Crippen LogP contribution in [-0.2, 0) is 12.8 Å². The summed E-state index contributed by atoms with van der Waals surface area (Å²) in [5.74, 6) is 0. The molecule has 0 unspecified atom stereocenters. The summed E-state index contributed by atoms with van der Waals surface area (Å²) in [6.45, 7) is 4.49. The Balaban J connectivity index is 1.96. The number of para-hydroxylation sites is 1. The standard InChI is InChI=1S/C28H29N2/c1-3-9-23-11-5-7-13-26(23)28-21-25(22-15-18-29-19-16-22)17-20-30(28)27-14-8-6-12-24(27)10-4-2/h5-8,11-21H,3-4,9-10H2,1-2H3/q+1. The minimum atomic E-state index is 1.07. The molecule has 4 rings (SSSR count). The van der Waals surface area contributed by atoms with Crippen molar-refractivity contribution in [2.45, 2.75) is 39.5 Å². The summed E-state index contributed by atoms with van der Waals surface area (Å²) in [6.07, 6.45) is 10.4. The Kier molecular flexibility index (Phi) is 6.34. The van der Waals surface area contributed by atoms with Crippen LogP contribution in [0.1, 0.15) is 37.8 Å². The van der Waals surface area contributed by atoms with E-state index in [9.17, 15) is 0 Å². The van der Waals surface area contributed by atoms with Gasteiger partial charge in [0.1, 0.15) is 0 Å². The lowest BCUT2D eigenvalue weighted by Crippen LogP contribution is -2.34. The molecule has 2 heteroatoms. The molecular formula is C28H29N2+. The van der Waals surface area contributed by atoms with E-state index < -0.39 is 0 Å². The minimum Gasteiger partial charge on any atom is -0.265 e. The third-order valence-electron chi connectivity index (χ3n) is 5.55. The van der Waals surface area contributed by atoms with Crippen molar-refractivity contribution in [3.63, 3.8) is 0 Å². The van der Waals surface area contributed by atoms with E-state index in [2.05, 4.69) is 102 Å². The molecule has 4 aromatic rings. The fourth-order valence-electron chi connectivity index (χ4n) is 4.13. The minimum absolute atomic E-state index is 1.07. The third-order valence-corrected chi connectivity index (χ3v) is 5.55. The number of hydrogen-bond donors (Lipinski definition) is 0. The van der Waals surface area contributed by atoms with Gasteiger partial charge in [0.05, 0.1) is 0 Å². The highest BCUT2D eigenvalue weighted by atomic mass is 15.0. The maximum absolute atomic E-state index is 4.18. The van der Waals surface area contributed by atoms with Crippen molar-refractivity contribution in [3.05, 3.63) is 103 Å². The molecule has 0 aliphatic rings. The van der Waals surface area contributed by atoms with Crippen LogP contribution in [-0.4, -0.2) is 4.98 Å². The topological polar surface area (TPSA) is 16.8 Å². The summed E-state index contributed by atoms with van der Waals surface area (Å²) >= 11 is 0. The predicted octanol–water partition coefficient (Wildman–Crippen LogP) is 6.60. The highest BCUT2D eigenvalue weighted by Crippen LogP contribution is 2.28. The van der Waals surface area contributed by atoms with E-state index in [1.54, 1.807) is 0 Å². The van der Waals surface area contributed by atoms with Crippen LogP contribution in [0, 0.1) is 0 Å². The van der Waals surface area contributed by atoms with E-state index in [0.29, 0.717) is 0 Å². The first-order valence-electron chi connectivity index (χ1n) is 10.9. The molecule has 0 atom stereocenters. The lowest BCUT2D eigenvalue weighted by atomic mass is 9.97. The number of pyridine rings is 2. The van der Waals surface area contributed by atoms with Crippen LogP contribution in [0.15, 0.2) is 91.4 Å². The molecular weight excluding hydrogens is 364 g/mol. The molecule has 0 saturated carbocycles. The van der Waals surface area contributed by atoms with Crippen LogP contribution in [0.2, 0.25) is 0 Å². The van der Waals surface area contributed by atoms with E-state index >= 15 is 0 Å². The maximum atomic E-state index is 4.18. The van der Waals surface area contributed by atoms with Gasteiger partial charge in [-0.3, -0.25) is 4.98 Å². The number of rotatable bonds is 7. The van der Waals surface area contributed by atoms with Crippen LogP contribution in [0.25, 0.3) is 28.1 Å². The molecule has 0 spiro atoms. The van der Waals surface area contributed by atoms with Crippen molar-refractivity contribution in [2.24, 2.45) is 0 Å². The zero-order chi connectivity index (χ0) is 20.8. The fraction of sp³-hybridized carbons (Fsp3) is 0.214. The predicted molar refractivity (Wildman–Crippen MR) is 125 cm³/mol. The first kappa shape index (κ1) is 20.0. The maximum Gasteiger partial charge on any atom is 0.219 e. The van der Waals surface area contributed by atoms with Gasteiger partial charge in [-0.05, 0) is 47.7 Å². The van der Waals surface area contributed by atoms with Gasteiger partial charge in [0.15, 0.2) is 6.20 Å². The van der Waals surface area contributed by atoms with Crippen molar-refractivity contribution < 1.29 is 4.57 Å². The van der Waals surface area contributed by atoms with Gasteiger partial charge in [0, 0.05) is 41.7 Å². The summed E-state index contributed by atoms with van der Waals surface area (Å²) in [4.78, 5) is 4.18. The number of aromatic nitrogens is 2. The van der Waals surface area contributed by atoms with E-state index in [4.69, 9.17) is 0 Å². The van der Waals surface area contributed by atoms with E-state index in [0.717, 1.165) is 25.7 Å². The number of nitrogens with zero attached hydrogens (tertiary/aromatic N) is 2. The Bertz CT molecular complexity index is 1120. The average Bonchev–Trinajstić information content (AvgIpc) is 2.81. The lowest BCUT2D eigenvalue weighted by molar-refractivity contribution is -0.584. The monoisotopic (exact) mass is 393 g/mol. The van der Waals surface area contributed by atoms with Gasteiger partial charge >= 0.3 is 0 Å². The SMILES string of the molecule is CCCc1ccccc1-c1cc(-c2ccncc2)cc[n+]1-c1ccccc1CCC. The molecule has 30 heavy (non-hydrogen) atoms. The van der Waals surface area contributed by atoms with E-state index in [1.165, 1.54) is 39.2 Å². The Hall–Kier alpha value is -3.26. The van der Waals surface area contributed by atoms with Crippen molar-refractivity contribution >= 4 is 0 Å².